The zero-order valence-corrected chi connectivity index (χ0v) is 13.2. The maximum absolute atomic E-state index is 12.7. The van der Waals surface area contributed by atoms with Gasteiger partial charge in [0, 0.05) is 24.4 Å². The van der Waals surface area contributed by atoms with Gasteiger partial charge in [-0.1, -0.05) is 42.0 Å². The molecule has 3 heteroatoms. The van der Waals surface area contributed by atoms with Crippen molar-refractivity contribution in [3.8, 4) is 5.75 Å². The Hall–Kier alpha value is -2.29. The van der Waals surface area contributed by atoms with E-state index in [1.165, 1.54) is 16.7 Å². The van der Waals surface area contributed by atoms with Crippen LogP contribution in [0.2, 0.25) is 0 Å². The molecule has 0 unspecified atom stereocenters. The number of aryl methyl sites for hydroxylation is 1. The summed E-state index contributed by atoms with van der Waals surface area (Å²) >= 11 is 0. The van der Waals surface area contributed by atoms with Gasteiger partial charge in [-0.2, -0.15) is 0 Å². The molecule has 2 aromatic carbocycles. The predicted octanol–water partition coefficient (Wildman–Crippen LogP) is 3.04. The summed E-state index contributed by atoms with van der Waals surface area (Å²) in [7, 11) is 0. The maximum atomic E-state index is 12.7. The van der Waals surface area contributed by atoms with Crippen molar-refractivity contribution in [3.63, 3.8) is 0 Å². The smallest absolute Gasteiger partial charge is 0.224 e. The van der Waals surface area contributed by atoms with Gasteiger partial charge in [-0.3, -0.25) is 4.79 Å². The van der Waals surface area contributed by atoms with Crippen molar-refractivity contribution >= 4 is 5.91 Å². The molecule has 3 aliphatic heterocycles. The number of nitrogens with zero attached hydrogens (tertiary/aromatic N) is 1. The molecule has 0 radical (unpaired) electrons. The third-order valence-electron chi connectivity index (χ3n) is 5.75. The fourth-order valence-corrected chi connectivity index (χ4v) is 4.87. The Morgan fingerprint density at radius 3 is 2.96 bits per heavy atom. The molecule has 3 nitrogen and oxygen atoms in total. The fraction of sp³-hybridized carbons (Fsp3) is 0.350. The zero-order chi connectivity index (χ0) is 15.6. The molecule has 0 saturated carbocycles. The Kier molecular flexibility index (Phi) is 2.51. The van der Waals surface area contributed by atoms with Crippen molar-refractivity contribution in [3.05, 3.63) is 64.7 Å². The van der Waals surface area contributed by atoms with E-state index in [1.807, 2.05) is 12.1 Å². The average molecular weight is 305 g/mol. The molecule has 0 aromatic heterocycles. The Balaban J connectivity index is 1.86. The Morgan fingerprint density at radius 2 is 2.04 bits per heavy atom. The molecule has 5 rings (SSSR count). The molecular weight excluding hydrogens is 286 g/mol. The Bertz CT molecular complexity index is 828. The van der Waals surface area contributed by atoms with E-state index in [9.17, 15) is 4.79 Å². The number of hydrogen-bond donors (Lipinski definition) is 0. The number of ether oxygens (including phenoxy) is 1. The zero-order valence-electron chi connectivity index (χ0n) is 13.2. The molecular formula is C20H19NO2. The molecule has 1 saturated heterocycles. The summed E-state index contributed by atoms with van der Waals surface area (Å²) in [5.74, 6) is 1.39. The fourth-order valence-electron chi connectivity index (χ4n) is 4.87. The second-order valence-electron chi connectivity index (χ2n) is 6.93. The van der Waals surface area contributed by atoms with Gasteiger partial charge < -0.3 is 9.64 Å². The van der Waals surface area contributed by atoms with Crippen molar-refractivity contribution < 1.29 is 9.53 Å². The molecule has 1 fully saturated rings. The molecule has 0 bridgehead atoms. The highest BCUT2D eigenvalue weighted by Gasteiger charge is 2.59. The lowest BCUT2D eigenvalue weighted by Gasteiger charge is -2.49. The summed E-state index contributed by atoms with van der Waals surface area (Å²) in [6.45, 7) is 3.56. The van der Waals surface area contributed by atoms with Crippen LogP contribution in [0.3, 0.4) is 0 Å². The first kappa shape index (κ1) is 13.2. The highest BCUT2D eigenvalue weighted by Crippen LogP contribution is 2.56. The van der Waals surface area contributed by atoms with Gasteiger partial charge in [0.25, 0.3) is 0 Å². The van der Waals surface area contributed by atoms with Crippen LogP contribution >= 0.6 is 0 Å². The topological polar surface area (TPSA) is 29.5 Å². The van der Waals surface area contributed by atoms with Crippen LogP contribution in [0, 0.1) is 12.8 Å². The quantitative estimate of drug-likeness (QED) is 0.749. The van der Waals surface area contributed by atoms with Crippen molar-refractivity contribution in [2.75, 3.05) is 13.2 Å². The number of rotatable bonds is 0. The number of amides is 1. The van der Waals surface area contributed by atoms with Gasteiger partial charge in [-0.25, -0.2) is 0 Å². The van der Waals surface area contributed by atoms with Crippen LogP contribution in [-0.2, 0) is 16.8 Å². The second-order valence-corrected chi connectivity index (χ2v) is 6.93. The third-order valence-corrected chi connectivity index (χ3v) is 5.75. The molecule has 2 aromatic rings. The van der Waals surface area contributed by atoms with Gasteiger partial charge in [0.15, 0.2) is 0 Å². The van der Waals surface area contributed by atoms with Crippen LogP contribution in [0.5, 0.6) is 5.75 Å². The summed E-state index contributed by atoms with van der Waals surface area (Å²) in [4.78, 5) is 14.8. The van der Waals surface area contributed by atoms with Crippen LogP contribution < -0.4 is 4.74 Å². The van der Waals surface area contributed by atoms with Gasteiger partial charge in [0.2, 0.25) is 5.91 Å². The molecule has 1 spiro atoms. The van der Waals surface area contributed by atoms with Crippen LogP contribution in [0.15, 0.2) is 42.5 Å². The minimum atomic E-state index is -0.326. The highest BCUT2D eigenvalue weighted by atomic mass is 16.5. The van der Waals surface area contributed by atoms with Crippen molar-refractivity contribution in [1.82, 2.24) is 4.90 Å². The summed E-state index contributed by atoms with van der Waals surface area (Å²) in [6.07, 6.45) is 1.53. The molecule has 3 aliphatic rings. The predicted molar refractivity (Wildman–Crippen MR) is 87.4 cm³/mol. The van der Waals surface area contributed by atoms with Crippen molar-refractivity contribution in [2.45, 2.75) is 25.3 Å². The van der Waals surface area contributed by atoms with Gasteiger partial charge in [-0.15, -0.1) is 0 Å². The monoisotopic (exact) mass is 305 g/mol. The number of carbonyl (C=O) groups is 1. The standard InChI is InChI=1S/C20H19NO2/c1-13-6-7-16-14(10-13)8-9-21-19(22)11-15-12-23-18-5-3-2-4-17(18)20(15,16)21/h2-7,10,15H,8-9,11-12H2,1H3/t15-,20+/m0/s1. The van der Waals surface area contributed by atoms with E-state index >= 15 is 0 Å². The molecule has 1 amide bonds. The summed E-state index contributed by atoms with van der Waals surface area (Å²) in [5.41, 5.74) is 4.81. The van der Waals surface area contributed by atoms with E-state index in [1.54, 1.807) is 0 Å². The number of benzene rings is 2. The number of para-hydroxylation sites is 1. The highest BCUT2D eigenvalue weighted by molar-refractivity contribution is 5.83. The van der Waals surface area contributed by atoms with Crippen molar-refractivity contribution in [2.24, 2.45) is 5.92 Å². The van der Waals surface area contributed by atoms with E-state index in [-0.39, 0.29) is 17.4 Å². The molecule has 116 valence electrons. The minimum Gasteiger partial charge on any atom is -0.493 e. The van der Waals surface area contributed by atoms with E-state index in [0.717, 1.165) is 24.3 Å². The maximum Gasteiger partial charge on any atom is 0.224 e. The third kappa shape index (κ3) is 1.52. The van der Waals surface area contributed by atoms with Crippen LogP contribution in [0.4, 0.5) is 0 Å². The lowest BCUT2D eigenvalue weighted by Crippen LogP contribution is -2.54. The Morgan fingerprint density at radius 1 is 1.17 bits per heavy atom. The lowest BCUT2D eigenvalue weighted by molar-refractivity contribution is -0.131. The molecule has 3 heterocycles. The first-order valence-electron chi connectivity index (χ1n) is 8.34. The van der Waals surface area contributed by atoms with Gasteiger partial charge in [0.1, 0.15) is 11.3 Å². The molecule has 2 atom stereocenters. The average Bonchev–Trinajstić information content (AvgIpc) is 2.87. The number of carbonyl (C=O) groups excluding carboxylic acids is 1. The lowest BCUT2D eigenvalue weighted by atomic mass is 9.68. The Labute approximate surface area is 135 Å². The summed E-state index contributed by atoms with van der Waals surface area (Å²) in [6, 6.07) is 14.9. The van der Waals surface area contributed by atoms with E-state index in [4.69, 9.17) is 4.74 Å². The van der Waals surface area contributed by atoms with E-state index < -0.39 is 0 Å². The first-order chi connectivity index (χ1) is 11.2. The minimum absolute atomic E-state index is 0.201. The molecule has 23 heavy (non-hydrogen) atoms. The molecule has 0 N–H and O–H groups in total. The largest absolute Gasteiger partial charge is 0.493 e. The summed E-state index contributed by atoms with van der Waals surface area (Å²) < 4.78 is 5.99. The van der Waals surface area contributed by atoms with Crippen LogP contribution in [0.25, 0.3) is 0 Å². The number of hydrogen-bond acceptors (Lipinski definition) is 2. The van der Waals surface area contributed by atoms with E-state index in [0.29, 0.717) is 13.0 Å². The first-order valence-corrected chi connectivity index (χ1v) is 8.34. The molecule has 0 aliphatic carbocycles. The van der Waals surface area contributed by atoms with E-state index in [2.05, 4.69) is 42.2 Å². The van der Waals surface area contributed by atoms with Crippen LogP contribution in [-0.4, -0.2) is 24.0 Å². The summed E-state index contributed by atoms with van der Waals surface area (Å²) in [5, 5.41) is 0. The normalized spacial score (nSPS) is 27.6. The van der Waals surface area contributed by atoms with Gasteiger partial charge >= 0.3 is 0 Å². The second kappa shape index (κ2) is 4.38. The SMILES string of the molecule is Cc1ccc2c(c1)CCN1C(=O)C[C@H]3COc4ccccc4[C@]231. The van der Waals surface area contributed by atoms with Gasteiger partial charge in [-0.05, 0) is 30.5 Å². The van der Waals surface area contributed by atoms with Crippen molar-refractivity contribution in [1.29, 1.82) is 0 Å². The van der Waals surface area contributed by atoms with Gasteiger partial charge in [0.05, 0.1) is 6.61 Å². The number of fused-ring (bicyclic) bond motifs is 2. The van der Waals surface area contributed by atoms with Crippen LogP contribution in [0.1, 0.15) is 28.7 Å².